The molecule has 3 atom stereocenters. The van der Waals surface area contributed by atoms with Crippen molar-refractivity contribution >= 4 is 11.4 Å². The van der Waals surface area contributed by atoms with E-state index >= 15 is 0 Å². The van der Waals surface area contributed by atoms with E-state index in [1.54, 1.807) is 0 Å². The molecule has 2 fully saturated rings. The Morgan fingerprint density at radius 2 is 1.84 bits per heavy atom. The Kier molecular flexibility index (Phi) is 7.36. The van der Waals surface area contributed by atoms with Crippen LogP contribution in [0.2, 0.25) is 0 Å². The summed E-state index contributed by atoms with van der Waals surface area (Å²) < 4.78 is 5.70. The number of hydrogen-bond donors (Lipinski definition) is 2. The van der Waals surface area contributed by atoms with Crippen LogP contribution in [-0.4, -0.2) is 48.3 Å². The van der Waals surface area contributed by atoms with Gasteiger partial charge in [0.2, 0.25) is 0 Å². The van der Waals surface area contributed by atoms with E-state index < -0.39 is 6.23 Å². The molecule has 0 radical (unpaired) electrons. The topological polar surface area (TPSA) is 48.0 Å². The SMILES string of the molecule is CCCCOc1ccc(C(O)Nc2ccc(N3CCC(N4CCCC4C)C3)cc2)cc1. The molecule has 2 heterocycles. The van der Waals surface area contributed by atoms with E-state index in [0.29, 0.717) is 6.04 Å². The molecule has 0 spiro atoms. The number of hydrogen-bond acceptors (Lipinski definition) is 5. The highest BCUT2D eigenvalue weighted by atomic mass is 16.5. The summed E-state index contributed by atoms with van der Waals surface area (Å²) in [7, 11) is 0. The van der Waals surface area contributed by atoms with Crippen molar-refractivity contribution in [2.45, 2.75) is 64.3 Å². The first kappa shape index (κ1) is 22.0. The molecule has 2 saturated heterocycles. The number of benzene rings is 2. The highest BCUT2D eigenvalue weighted by Crippen LogP contribution is 2.29. The summed E-state index contributed by atoms with van der Waals surface area (Å²) in [4.78, 5) is 5.19. The molecule has 3 unspecified atom stereocenters. The Balaban J connectivity index is 1.29. The fourth-order valence-electron chi connectivity index (χ4n) is 4.84. The van der Waals surface area contributed by atoms with Crippen molar-refractivity contribution < 1.29 is 9.84 Å². The van der Waals surface area contributed by atoms with Gasteiger partial charge in [-0.2, -0.15) is 0 Å². The van der Waals surface area contributed by atoms with Crippen LogP contribution in [0.25, 0.3) is 0 Å². The van der Waals surface area contributed by atoms with Gasteiger partial charge in [-0.1, -0.05) is 25.5 Å². The summed E-state index contributed by atoms with van der Waals surface area (Å²) in [5.41, 5.74) is 3.01. The van der Waals surface area contributed by atoms with Crippen molar-refractivity contribution in [3.05, 3.63) is 54.1 Å². The number of likely N-dealkylation sites (tertiary alicyclic amines) is 1. The predicted molar refractivity (Wildman–Crippen MR) is 128 cm³/mol. The summed E-state index contributed by atoms with van der Waals surface area (Å²) in [5, 5.41) is 13.8. The fourth-order valence-corrected chi connectivity index (χ4v) is 4.84. The minimum absolute atomic E-state index is 0.686. The molecule has 2 aliphatic rings. The van der Waals surface area contributed by atoms with Crippen LogP contribution in [0.15, 0.2) is 48.5 Å². The number of ether oxygens (including phenoxy) is 1. The van der Waals surface area contributed by atoms with E-state index in [9.17, 15) is 5.11 Å². The Labute approximate surface area is 187 Å². The second-order valence-electron chi connectivity index (χ2n) is 8.98. The van der Waals surface area contributed by atoms with Gasteiger partial charge in [0.15, 0.2) is 6.23 Å². The molecular weight excluding hydrogens is 386 g/mol. The van der Waals surface area contributed by atoms with Crippen molar-refractivity contribution in [2.24, 2.45) is 0 Å². The molecule has 4 rings (SSSR count). The molecule has 2 N–H and O–H groups in total. The quantitative estimate of drug-likeness (QED) is 0.437. The summed E-state index contributed by atoms with van der Waals surface area (Å²) in [6.45, 7) is 8.75. The van der Waals surface area contributed by atoms with Crippen LogP contribution in [0, 0.1) is 0 Å². The van der Waals surface area contributed by atoms with Gasteiger partial charge in [-0.3, -0.25) is 4.90 Å². The molecule has 5 nitrogen and oxygen atoms in total. The van der Waals surface area contributed by atoms with E-state index in [2.05, 4.69) is 53.2 Å². The molecule has 5 heteroatoms. The smallest absolute Gasteiger partial charge is 0.150 e. The van der Waals surface area contributed by atoms with Crippen molar-refractivity contribution in [3.63, 3.8) is 0 Å². The fraction of sp³-hybridized carbons (Fsp3) is 0.538. The van der Waals surface area contributed by atoms with Crippen LogP contribution < -0.4 is 15.0 Å². The van der Waals surface area contributed by atoms with Crippen LogP contribution in [0.1, 0.15) is 57.7 Å². The molecule has 0 saturated carbocycles. The Morgan fingerprint density at radius 1 is 1.06 bits per heavy atom. The molecular formula is C26H37N3O2. The van der Waals surface area contributed by atoms with Gasteiger partial charge in [-0.15, -0.1) is 0 Å². The Bertz CT molecular complexity index is 808. The molecule has 31 heavy (non-hydrogen) atoms. The van der Waals surface area contributed by atoms with Gasteiger partial charge >= 0.3 is 0 Å². The van der Waals surface area contributed by atoms with Gasteiger partial charge in [-0.25, -0.2) is 0 Å². The van der Waals surface area contributed by atoms with Crippen molar-refractivity contribution in [1.82, 2.24) is 4.90 Å². The lowest BCUT2D eigenvalue weighted by Crippen LogP contribution is -2.39. The zero-order valence-electron chi connectivity index (χ0n) is 19.0. The van der Waals surface area contributed by atoms with Crippen molar-refractivity contribution in [2.75, 3.05) is 36.5 Å². The molecule has 0 aliphatic carbocycles. The maximum absolute atomic E-state index is 10.6. The van der Waals surface area contributed by atoms with E-state index in [-0.39, 0.29) is 0 Å². The predicted octanol–water partition coefficient (Wildman–Crippen LogP) is 5.03. The van der Waals surface area contributed by atoms with Crippen molar-refractivity contribution in [1.29, 1.82) is 0 Å². The van der Waals surface area contributed by atoms with Crippen LogP contribution in [0.4, 0.5) is 11.4 Å². The van der Waals surface area contributed by atoms with Crippen LogP contribution in [0.5, 0.6) is 5.75 Å². The molecule has 168 valence electrons. The van der Waals surface area contributed by atoms with E-state index in [4.69, 9.17) is 4.74 Å². The molecule has 2 aliphatic heterocycles. The minimum Gasteiger partial charge on any atom is -0.494 e. The van der Waals surface area contributed by atoms with Gasteiger partial charge in [-0.05, 0) is 75.5 Å². The molecule has 0 amide bonds. The molecule has 0 aromatic heterocycles. The van der Waals surface area contributed by atoms with Crippen LogP contribution in [0.3, 0.4) is 0 Å². The lowest BCUT2D eigenvalue weighted by Gasteiger charge is -2.28. The summed E-state index contributed by atoms with van der Waals surface area (Å²) >= 11 is 0. The number of anilines is 2. The molecule has 2 aromatic carbocycles. The summed E-state index contributed by atoms with van der Waals surface area (Å²) in [6.07, 6.45) is 5.36. The van der Waals surface area contributed by atoms with Crippen LogP contribution in [-0.2, 0) is 0 Å². The van der Waals surface area contributed by atoms with Gasteiger partial charge in [0.1, 0.15) is 5.75 Å². The normalized spacial score (nSPS) is 22.6. The third-order valence-corrected chi connectivity index (χ3v) is 6.74. The standard InChI is InChI=1S/C26H37N3O2/c1-3-4-18-31-25-13-7-21(8-14-25)26(30)27-22-9-11-23(12-10-22)28-17-15-24(19-28)29-16-5-6-20(29)2/h7-14,20,24,26-27,30H,3-6,15-19H2,1-2H3. The van der Waals surface area contributed by atoms with Crippen molar-refractivity contribution in [3.8, 4) is 5.75 Å². The third-order valence-electron chi connectivity index (χ3n) is 6.74. The first-order chi connectivity index (χ1) is 15.1. The number of unbranched alkanes of at least 4 members (excludes halogenated alkanes) is 1. The third kappa shape index (κ3) is 5.52. The highest BCUT2D eigenvalue weighted by molar-refractivity contribution is 5.56. The lowest BCUT2D eigenvalue weighted by molar-refractivity contribution is 0.204. The Hall–Kier alpha value is -2.24. The summed E-state index contributed by atoms with van der Waals surface area (Å²) in [6, 6.07) is 17.5. The van der Waals surface area contributed by atoms with Gasteiger partial charge in [0, 0.05) is 42.1 Å². The number of aliphatic hydroxyl groups is 1. The molecule has 2 aromatic rings. The summed E-state index contributed by atoms with van der Waals surface area (Å²) in [5.74, 6) is 0.848. The average Bonchev–Trinajstić information content (AvgIpc) is 3.44. The number of nitrogens with one attached hydrogen (secondary N) is 1. The van der Waals surface area contributed by atoms with Gasteiger partial charge in [0.25, 0.3) is 0 Å². The number of aliphatic hydroxyl groups excluding tert-OH is 1. The first-order valence-corrected chi connectivity index (χ1v) is 11.9. The monoisotopic (exact) mass is 423 g/mol. The first-order valence-electron chi connectivity index (χ1n) is 11.9. The zero-order valence-corrected chi connectivity index (χ0v) is 19.0. The lowest BCUT2D eigenvalue weighted by atomic mass is 10.1. The van der Waals surface area contributed by atoms with Gasteiger partial charge in [0.05, 0.1) is 6.61 Å². The zero-order chi connectivity index (χ0) is 21.6. The average molecular weight is 424 g/mol. The number of rotatable bonds is 9. The second kappa shape index (κ2) is 10.4. The van der Waals surface area contributed by atoms with Gasteiger partial charge < -0.3 is 20.1 Å². The second-order valence-corrected chi connectivity index (χ2v) is 8.98. The van der Waals surface area contributed by atoms with E-state index in [1.807, 2.05) is 24.3 Å². The minimum atomic E-state index is -0.747. The largest absolute Gasteiger partial charge is 0.494 e. The van der Waals surface area contributed by atoms with E-state index in [1.165, 1.54) is 31.5 Å². The maximum Gasteiger partial charge on any atom is 0.150 e. The Morgan fingerprint density at radius 3 is 2.52 bits per heavy atom. The maximum atomic E-state index is 10.6. The van der Waals surface area contributed by atoms with E-state index in [0.717, 1.165) is 55.6 Å². The molecule has 0 bridgehead atoms. The van der Waals surface area contributed by atoms with Crippen LogP contribution >= 0.6 is 0 Å². The highest BCUT2D eigenvalue weighted by Gasteiger charge is 2.32. The number of nitrogens with zero attached hydrogens (tertiary/aromatic N) is 2.